The van der Waals surface area contributed by atoms with Gasteiger partial charge >= 0.3 is 0 Å². The number of hydrogen-bond acceptors (Lipinski definition) is 1. The number of benzene rings is 6. The summed E-state index contributed by atoms with van der Waals surface area (Å²) in [7, 11) is 0. The smallest absolute Gasteiger partial charge is 0.0622 e. The van der Waals surface area contributed by atoms with E-state index in [-0.39, 0.29) is 0 Å². The molecule has 0 saturated carbocycles. The van der Waals surface area contributed by atoms with Crippen molar-refractivity contribution in [3.63, 3.8) is 0 Å². The Hall–Kier alpha value is -6.06. The average Bonchev–Trinajstić information content (AvgIpc) is 3.72. The van der Waals surface area contributed by atoms with Gasteiger partial charge in [-0.05, 0) is 77.9 Å². The molecule has 0 aliphatic heterocycles. The van der Waals surface area contributed by atoms with Crippen LogP contribution in [0.3, 0.4) is 0 Å². The van der Waals surface area contributed by atoms with Crippen LogP contribution in [0.4, 0.5) is 11.4 Å². The van der Waals surface area contributed by atoms with E-state index in [1.54, 1.807) is 0 Å². The lowest BCUT2D eigenvalue weighted by atomic mass is 10.0. The highest BCUT2D eigenvalue weighted by molar-refractivity contribution is 6.19. The van der Waals surface area contributed by atoms with E-state index in [1.807, 2.05) is 12.2 Å². The lowest BCUT2D eigenvalue weighted by molar-refractivity contribution is 1.18. The summed E-state index contributed by atoms with van der Waals surface area (Å²) >= 11 is 0. The predicted molar refractivity (Wildman–Crippen MR) is 193 cm³/mol. The van der Waals surface area contributed by atoms with Crippen molar-refractivity contribution in [2.45, 2.75) is 0 Å². The van der Waals surface area contributed by atoms with E-state index in [0.717, 1.165) is 22.6 Å². The Labute approximate surface area is 260 Å². The maximum absolute atomic E-state index is 4.13. The molecule has 0 radical (unpaired) electrons. The van der Waals surface area contributed by atoms with Crippen molar-refractivity contribution >= 4 is 72.5 Å². The number of rotatable bonds is 6. The average molecular weight is 576 g/mol. The van der Waals surface area contributed by atoms with Gasteiger partial charge in [0, 0.05) is 49.6 Å². The van der Waals surface area contributed by atoms with Crippen molar-refractivity contribution in [3.8, 4) is 16.8 Å². The summed E-state index contributed by atoms with van der Waals surface area (Å²) in [5.41, 5.74) is 12.7. The second-order valence-electron chi connectivity index (χ2n) is 11.6. The van der Waals surface area contributed by atoms with Crippen LogP contribution >= 0.6 is 0 Å². The van der Waals surface area contributed by atoms with Crippen LogP contribution in [0.25, 0.3) is 78.0 Å². The fourth-order valence-electron chi connectivity index (χ4n) is 7.22. The maximum Gasteiger partial charge on any atom is 0.0622 e. The molecule has 3 heterocycles. The van der Waals surface area contributed by atoms with Gasteiger partial charge in [0.05, 0.1) is 27.8 Å². The number of fused-ring (bicyclic) bond motifs is 6. The summed E-state index contributed by atoms with van der Waals surface area (Å²) in [4.78, 5) is 0. The lowest BCUT2D eigenvalue weighted by Crippen LogP contribution is -1.93. The monoisotopic (exact) mass is 575 g/mol. The van der Waals surface area contributed by atoms with Crippen LogP contribution in [-0.2, 0) is 0 Å². The lowest BCUT2D eigenvalue weighted by Gasteiger charge is -2.10. The van der Waals surface area contributed by atoms with E-state index < -0.39 is 0 Å². The van der Waals surface area contributed by atoms with Crippen LogP contribution in [0.2, 0.25) is 0 Å². The Morgan fingerprint density at radius 2 is 1.13 bits per heavy atom. The third-order valence-corrected chi connectivity index (χ3v) is 9.17. The molecule has 0 bridgehead atoms. The number of anilines is 2. The summed E-state index contributed by atoms with van der Waals surface area (Å²) in [6, 6.07) is 47.9. The van der Waals surface area contributed by atoms with Gasteiger partial charge < -0.3 is 14.3 Å². The summed E-state index contributed by atoms with van der Waals surface area (Å²) in [5, 5.41) is 9.83. The van der Waals surface area contributed by atoms with Crippen LogP contribution in [0.15, 0.2) is 147 Å². The van der Waals surface area contributed by atoms with E-state index in [4.69, 9.17) is 0 Å². The molecule has 9 aromatic rings. The fraction of sp³-hybridized carbons (Fsp3) is 0. The number of nitrogens with one attached hydrogen (secondary N) is 1. The molecule has 0 aliphatic rings. The first-order valence-electron chi connectivity index (χ1n) is 15.3. The van der Waals surface area contributed by atoms with Gasteiger partial charge in [-0.2, -0.15) is 0 Å². The Morgan fingerprint density at radius 1 is 0.489 bits per heavy atom. The Morgan fingerprint density at radius 3 is 1.89 bits per heavy atom. The molecular formula is C42H29N3. The molecular weight excluding hydrogens is 546 g/mol. The number of aromatic nitrogens is 2. The number of nitrogens with zero attached hydrogens (tertiary/aromatic N) is 2. The van der Waals surface area contributed by atoms with Crippen molar-refractivity contribution in [1.82, 2.24) is 8.97 Å². The summed E-state index contributed by atoms with van der Waals surface area (Å²) in [5.74, 6) is 0. The van der Waals surface area contributed by atoms with Gasteiger partial charge in [-0.1, -0.05) is 92.0 Å². The molecule has 0 spiro atoms. The number of para-hydroxylation sites is 3. The van der Waals surface area contributed by atoms with Crippen LogP contribution in [0, 0.1) is 0 Å². The Balaban J connectivity index is 1.11. The second-order valence-corrected chi connectivity index (χ2v) is 11.6. The third kappa shape index (κ3) is 3.71. The normalized spacial score (nSPS) is 11.7. The van der Waals surface area contributed by atoms with Crippen molar-refractivity contribution in [3.05, 3.63) is 158 Å². The molecule has 3 aromatic heterocycles. The Kier molecular flexibility index (Phi) is 5.50. The highest BCUT2D eigenvalue weighted by atomic mass is 15.0. The molecule has 3 heteroatoms. The second kappa shape index (κ2) is 9.73. The zero-order chi connectivity index (χ0) is 30.1. The molecule has 0 atom stereocenters. The molecule has 1 N–H and O–H groups in total. The molecule has 0 aliphatic carbocycles. The van der Waals surface area contributed by atoms with E-state index in [0.29, 0.717) is 0 Å². The summed E-state index contributed by atoms with van der Waals surface area (Å²) in [6.45, 7) is 8.26. The van der Waals surface area contributed by atoms with E-state index in [9.17, 15) is 0 Å². The van der Waals surface area contributed by atoms with E-state index in [2.05, 4.69) is 161 Å². The molecule has 0 fully saturated rings. The molecule has 212 valence electrons. The first-order valence-corrected chi connectivity index (χ1v) is 15.3. The van der Waals surface area contributed by atoms with Crippen LogP contribution < -0.4 is 5.32 Å². The molecule has 0 saturated heterocycles. The quantitative estimate of drug-likeness (QED) is 0.209. The van der Waals surface area contributed by atoms with E-state index in [1.165, 1.54) is 65.8 Å². The van der Waals surface area contributed by atoms with Gasteiger partial charge in [0.25, 0.3) is 0 Å². The standard InChI is InChI=1S/C42H29N3/c1-3-32-36-25-30(26-37-34-15-9-11-17-40(34)45(42(36)37)38(32)4-2)43-29-21-18-27(19-22-29)28-20-23-41-35(24-28)33-14-8-10-16-39(33)44(41)31-12-6-5-7-13-31/h3-26,43H,1-2H2. The molecule has 3 nitrogen and oxygen atoms in total. The van der Waals surface area contributed by atoms with E-state index >= 15 is 0 Å². The molecule has 0 amide bonds. The SMILES string of the molecule is C=Cc1c(C=C)n2c3ccccc3c3cc(Nc4ccc(-c5ccc6c(c5)c5ccccc5n6-c5ccccc5)cc4)cc1c32. The maximum atomic E-state index is 4.13. The fourth-order valence-corrected chi connectivity index (χ4v) is 7.22. The predicted octanol–water partition coefficient (Wildman–Crippen LogP) is 11.5. The molecule has 6 aromatic carbocycles. The van der Waals surface area contributed by atoms with Gasteiger partial charge in [0.2, 0.25) is 0 Å². The van der Waals surface area contributed by atoms with Crippen molar-refractivity contribution in [2.75, 3.05) is 5.32 Å². The van der Waals surface area contributed by atoms with Gasteiger partial charge in [0.15, 0.2) is 0 Å². The first-order chi connectivity index (χ1) is 22.2. The van der Waals surface area contributed by atoms with Crippen molar-refractivity contribution in [2.24, 2.45) is 0 Å². The van der Waals surface area contributed by atoms with Crippen molar-refractivity contribution < 1.29 is 0 Å². The molecule has 45 heavy (non-hydrogen) atoms. The van der Waals surface area contributed by atoms with Gasteiger partial charge in [0.1, 0.15) is 0 Å². The third-order valence-electron chi connectivity index (χ3n) is 9.17. The highest BCUT2D eigenvalue weighted by Crippen LogP contribution is 2.41. The molecule has 9 rings (SSSR count). The van der Waals surface area contributed by atoms with Gasteiger partial charge in [-0.25, -0.2) is 0 Å². The summed E-state index contributed by atoms with van der Waals surface area (Å²) in [6.07, 6.45) is 3.88. The molecule has 0 unspecified atom stereocenters. The summed E-state index contributed by atoms with van der Waals surface area (Å²) < 4.78 is 4.67. The minimum atomic E-state index is 1.04. The largest absolute Gasteiger partial charge is 0.355 e. The van der Waals surface area contributed by atoms with Crippen molar-refractivity contribution in [1.29, 1.82) is 0 Å². The Bertz CT molecular complexity index is 2580. The van der Waals surface area contributed by atoms with Gasteiger partial charge in [-0.15, -0.1) is 0 Å². The highest BCUT2D eigenvalue weighted by Gasteiger charge is 2.20. The zero-order valence-electron chi connectivity index (χ0n) is 24.7. The minimum absolute atomic E-state index is 1.04. The van der Waals surface area contributed by atoms with Crippen LogP contribution in [0.5, 0.6) is 0 Å². The van der Waals surface area contributed by atoms with Crippen LogP contribution in [0.1, 0.15) is 11.3 Å². The zero-order valence-corrected chi connectivity index (χ0v) is 24.7. The topological polar surface area (TPSA) is 21.4 Å². The van der Waals surface area contributed by atoms with Crippen LogP contribution in [-0.4, -0.2) is 8.97 Å². The number of hydrogen-bond donors (Lipinski definition) is 1. The minimum Gasteiger partial charge on any atom is -0.355 e. The van der Waals surface area contributed by atoms with Gasteiger partial charge in [-0.3, -0.25) is 0 Å². The first kappa shape index (κ1) is 25.4.